The zero-order valence-electron chi connectivity index (χ0n) is 20.9. The summed E-state index contributed by atoms with van der Waals surface area (Å²) in [5, 5.41) is 6.98. The largest absolute Gasteiger partial charge is 0.491 e. The number of benzene rings is 1. The molecule has 4 heterocycles. The van der Waals surface area contributed by atoms with Crippen molar-refractivity contribution in [2.45, 2.75) is 65.2 Å². The van der Waals surface area contributed by atoms with Crippen LogP contribution in [0.15, 0.2) is 35.0 Å². The molecule has 0 saturated heterocycles. The monoisotopic (exact) mass is 590 g/mol. The van der Waals surface area contributed by atoms with Crippen molar-refractivity contribution in [2.24, 2.45) is 0 Å². The van der Waals surface area contributed by atoms with Crippen LogP contribution in [0.1, 0.15) is 65.2 Å². The zero-order valence-corrected chi connectivity index (χ0v) is 25.9. The summed E-state index contributed by atoms with van der Waals surface area (Å²) in [5.74, 6) is 2.22. The van der Waals surface area contributed by atoms with Gasteiger partial charge in [-0.1, -0.05) is 64.5 Å². The van der Waals surface area contributed by atoms with Gasteiger partial charge in [-0.15, -0.1) is 45.3 Å². The Morgan fingerprint density at radius 3 is 1.50 bits per heavy atom. The first-order valence-electron chi connectivity index (χ1n) is 12.9. The molecular formula is C28H32O2P2S4. The van der Waals surface area contributed by atoms with E-state index in [1.807, 2.05) is 45.3 Å². The van der Waals surface area contributed by atoms with Crippen LogP contribution in [-0.4, -0.2) is 13.2 Å². The van der Waals surface area contributed by atoms with Crippen molar-refractivity contribution in [1.29, 1.82) is 0 Å². The second-order valence-corrected chi connectivity index (χ2v) is 15.6. The Kier molecular flexibility index (Phi) is 9.74. The van der Waals surface area contributed by atoms with E-state index in [1.165, 1.54) is 93.5 Å². The van der Waals surface area contributed by atoms with E-state index in [2.05, 4.69) is 48.9 Å². The average molecular weight is 591 g/mol. The van der Waals surface area contributed by atoms with Crippen molar-refractivity contribution < 1.29 is 9.47 Å². The minimum absolute atomic E-state index is 0.788. The van der Waals surface area contributed by atoms with E-state index >= 15 is 0 Å². The molecule has 0 aliphatic rings. The van der Waals surface area contributed by atoms with Crippen LogP contribution in [0.4, 0.5) is 0 Å². The van der Waals surface area contributed by atoms with Gasteiger partial charge in [0, 0.05) is 9.75 Å². The van der Waals surface area contributed by atoms with Crippen LogP contribution >= 0.6 is 61.7 Å². The summed E-state index contributed by atoms with van der Waals surface area (Å²) in [6, 6.07) is 8.79. The molecule has 0 radical (unpaired) electrons. The molecular weight excluding hydrogens is 559 g/mol. The Labute approximate surface area is 233 Å². The summed E-state index contributed by atoms with van der Waals surface area (Å²) in [4.78, 5) is 2.72. The van der Waals surface area contributed by atoms with Crippen molar-refractivity contribution in [1.82, 2.24) is 0 Å². The lowest BCUT2D eigenvalue weighted by Gasteiger charge is -2.13. The highest BCUT2D eigenvalue weighted by Crippen LogP contribution is 2.59. The van der Waals surface area contributed by atoms with Gasteiger partial charge in [-0.3, -0.25) is 0 Å². The molecule has 5 aromatic rings. The molecule has 0 N–H and O–H groups in total. The smallest absolute Gasteiger partial charge is 0.151 e. The number of unbranched alkanes of at least 4 members (excludes halogenated alkanes) is 6. The molecule has 2 nitrogen and oxygen atoms in total. The van der Waals surface area contributed by atoms with Gasteiger partial charge in [0.15, 0.2) is 11.5 Å². The highest BCUT2D eigenvalue weighted by atomic mass is 32.1. The van der Waals surface area contributed by atoms with Gasteiger partial charge in [-0.25, -0.2) is 0 Å². The first-order chi connectivity index (χ1) is 17.8. The Morgan fingerprint density at radius 1 is 0.639 bits per heavy atom. The third-order valence-corrected chi connectivity index (χ3v) is 14.0. The van der Waals surface area contributed by atoms with Crippen LogP contribution in [0.25, 0.3) is 38.6 Å². The average Bonchev–Trinajstić information content (AvgIpc) is 3.69. The quantitative estimate of drug-likeness (QED) is 0.120. The first-order valence-corrected chi connectivity index (χ1v) is 18.1. The van der Waals surface area contributed by atoms with Crippen LogP contribution in [0.2, 0.25) is 0 Å². The Balaban J connectivity index is 1.60. The van der Waals surface area contributed by atoms with E-state index in [-0.39, 0.29) is 0 Å². The van der Waals surface area contributed by atoms with Gasteiger partial charge < -0.3 is 9.47 Å². The minimum Gasteiger partial charge on any atom is -0.491 e. The van der Waals surface area contributed by atoms with E-state index in [4.69, 9.17) is 9.47 Å². The lowest BCUT2D eigenvalue weighted by atomic mass is 10.2. The molecule has 36 heavy (non-hydrogen) atoms. The Hall–Kier alpha value is -1.00. The van der Waals surface area contributed by atoms with Crippen molar-refractivity contribution in [3.05, 3.63) is 35.0 Å². The molecule has 8 heteroatoms. The molecule has 0 bridgehead atoms. The molecule has 0 fully saturated rings. The topological polar surface area (TPSA) is 18.5 Å². The highest BCUT2D eigenvalue weighted by molar-refractivity contribution is 7.57. The van der Waals surface area contributed by atoms with E-state index < -0.39 is 0 Å². The first kappa shape index (κ1) is 26.6. The third kappa shape index (κ3) is 6.01. The zero-order chi connectivity index (χ0) is 24.7. The highest BCUT2D eigenvalue weighted by Gasteiger charge is 2.24. The number of rotatable bonds is 14. The van der Waals surface area contributed by atoms with Crippen LogP contribution in [-0.2, 0) is 0 Å². The summed E-state index contributed by atoms with van der Waals surface area (Å²) in [5.41, 5.74) is 0. The maximum absolute atomic E-state index is 6.66. The fourth-order valence-electron chi connectivity index (χ4n) is 4.16. The fourth-order valence-corrected chi connectivity index (χ4v) is 11.9. The van der Waals surface area contributed by atoms with Gasteiger partial charge in [0.1, 0.15) is 0 Å². The van der Waals surface area contributed by atoms with Gasteiger partial charge >= 0.3 is 0 Å². The second-order valence-electron chi connectivity index (χ2n) is 8.82. The van der Waals surface area contributed by atoms with Crippen molar-refractivity contribution >= 4 is 81.4 Å². The molecule has 5 rings (SSSR count). The molecule has 4 aromatic heterocycles. The number of fused-ring (bicyclic) bond motifs is 2. The standard InChI is InChI=1S/C28H32O2P2S4/c1-3-5-7-9-15-29-21-23-26(36-27(31-23)19-13-11-17-33-19)22(30-16-10-8-6-4-2)24-25(21)35-28(32-24)20-14-12-18-34-20/h11-14,17-18H,3-10,15-16H2,1-2H3. The van der Waals surface area contributed by atoms with Crippen molar-refractivity contribution in [3.8, 4) is 30.5 Å². The Morgan fingerprint density at radius 2 is 1.11 bits per heavy atom. The lowest BCUT2D eigenvalue weighted by molar-refractivity contribution is 0.308. The summed E-state index contributed by atoms with van der Waals surface area (Å²) in [6.45, 7) is 6.10. The molecule has 0 amide bonds. The van der Waals surface area contributed by atoms with Gasteiger partial charge in [-0.05, 0) is 52.1 Å². The van der Waals surface area contributed by atoms with E-state index in [1.54, 1.807) is 0 Å². The van der Waals surface area contributed by atoms with Gasteiger partial charge in [0.2, 0.25) is 0 Å². The predicted molar refractivity (Wildman–Crippen MR) is 168 cm³/mol. The van der Waals surface area contributed by atoms with E-state index in [0.717, 1.165) is 37.6 Å². The van der Waals surface area contributed by atoms with Crippen LogP contribution in [0.3, 0.4) is 0 Å². The number of hydrogen-bond donors (Lipinski definition) is 0. The molecule has 0 aliphatic heterocycles. The maximum atomic E-state index is 6.66. The molecule has 1 aromatic carbocycles. The molecule has 0 unspecified atom stereocenters. The summed E-state index contributed by atoms with van der Waals surface area (Å²) in [7, 11) is 2.51. The maximum Gasteiger partial charge on any atom is 0.151 e. The molecule has 0 saturated carbocycles. The molecule has 0 spiro atoms. The fraction of sp³-hybridized carbons (Fsp3) is 0.429. The van der Waals surface area contributed by atoms with Crippen LogP contribution in [0, 0.1) is 0 Å². The van der Waals surface area contributed by atoms with Crippen molar-refractivity contribution in [2.75, 3.05) is 13.2 Å². The minimum atomic E-state index is 0.788. The molecule has 0 aliphatic carbocycles. The second kappa shape index (κ2) is 13.2. The number of thiophene rings is 2. The van der Waals surface area contributed by atoms with Crippen molar-refractivity contribution in [3.63, 3.8) is 0 Å². The number of hydrogen-bond acceptors (Lipinski definition) is 6. The van der Waals surface area contributed by atoms with Gasteiger partial charge in [0.25, 0.3) is 0 Å². The SMILES string of the molecule is CCCCCCOc1c2pc(-c3cccs3)sc2c(OCCCCCC)c2pc(-c3cccs3)sc12. The van der Waals surface area contributed by atoms with Crippen LogP contribution < -0.4 is 9.47 Å². The summed E-state index contributed by atoms with van der Waals surface area (Å²) >= 11 is 7.46. The van der Waals surface area contributed by atoms with E-state index in [9.17, 15) is 0 Å². The molecule has 0 atom stereocenters. The normalized spacial score (nSPS) is 12.1. The number of ether oxygens (including phenoxy) is 2. The molecule has 190 valence electrons. The lowest BCUT2D eigenvalue weighted by Crippen LogP contribution is -2.00. The summed E-state index contributed by atoms with van der Waals surface area (Å²) < 4.78 is 18.7. The van der Waals surface area contributed by atoms with E-state index in [0.29, 0.717) is 0 Å². The predicted octanol–water partition coefficient (Wildman–Crippen LogP) is 12.7. The van der Waals surface area contributed by atoms with Crippen LogP contribution in [0.5, 0.6) is 11.5 Å². The third-order valence-electron chi connectivity index (χ3n) is 6.05. The van der Waals surface area contributed by atoms with Gasteiger partial charge in [-0.2, -0.15) is 0 Å². The summed E-state index contributed by atoms with van der Waals surface area (Å²) in [6.07, 6.45) is 9.74. The Bertz CT molecular complexity index is 1210. The van der Waals surface area contributed by atoms with Gasteiger partial charge in [0.05, 0.1) is 42.1 Å².